The van der Waals surface area contributed by atoms with Gasteiger partial charge in [0.1, 0.15) is 17.7 Å². The number of carbonyl (C=O) groups is 1. The quantitative estimate of drug-likeness (QED) is 0.728. The number of carbonyl (C=O) groups excluding carboxylic acids is 1. The molecule has 150 valence electrons. The Kier molecular flexibility index (Phi) is 4.22. The second-order valence-corrected chi connectivity index (χ2v) is 7.51. The van der Waals surface area contributed by atoms with Gasteiger partial charge in [-0.25, -0.2) is 4.79 Å². The predicted molar refractivity (Wildman–Crippen MR) is 106 cm³/mol. The Morgan fingerprint density at radius 3 is 2.83 bits per heavy atom. The van der Waals surface area contributed by atoms with Gasteiger partial charge in [0.05, 0.1) is 25.0 Å². The fourth-order valence-corrected chi connectivity index (χ4v) is 4.14. The van der Waals surface area contributed by atoms with E-state index in [0.29, 0.717) is 6.54 Å². The van der Waals surface area contributed by atoms with Gasteiger partial charge in [-0.15, -0.1) is 10.2 Å². The van der Waals surface area contributed by atoms with Gasteiger partial charge in [0, 0.05) is 25.1 Å². The molecule has 1 spiro atoms. The number of anilines is 1. The first kappa shape index (κ1) is 17.7. The fraction of sp³-hybridized carbons (Fsp3) is 0.400. The number of nitrogens with zero attached hydrogens (tertiary/aromatic N) is 5. The van der Waals surface area contributed by atoms with E-state index >= 15 is 0 Å². The van der Waals surface area contributed by atoms with Crippen molar-refractivity contribution >= 4 is 17.4 Å². The third-order valence-corrected chi connectivity index (χ3v) is 5.74. The van der Waals surface area contributed by atoms with Crippen LogP contribution < -0.4 is 15.0 Å². The summed E-state index contributed by atoms with van der Waals surface area (Å²) in [7, 11) is 1.65. The zero-order chi connectivity index (χ0) is 19.8. The van der Waals surface area contributed by atoms with Crippen molar-refractivity contribution in [3.05, 3.63) is 36.7 Å². The smallest absolute Gasteiger partial charge is 0.407 e. The molecule has 9 nitrogen and oxygen atoms in total. The summed E-state index contributed by atoms with van der Waals surface area (Å²) < 4.78 is 12.6. The van der Waals surface area contributed by atoms with E-state index in [2.05, 4.69) is 31.6 Å². The fourth-order valence-electron chi connectivity index (χ4n) is 4.14. The zero-order valence-electron chi connectivity index (χ0n) is 16.2. The first-order valence-electron chi connectivity index (χ1n) is 9.73. The number of amides is 1. The molecule has 4 heterocycles. The molecule has 0 bridgehead atoms. The standard InChI is InChI=1S/C20H22N6O3/c1-28-15-5-3-14(4-6-15)16-11-17(18-23-22-13-26(18)24-16)25-9-2-7-20(8-10-25)12-21-19(27)29-20/h3-6,11,13H,2,7-10,12H2,1H3,(H,21,27). The van der Waals surface area contributed by atoms with E-state index in [4.69, 9.17) is 9.47 Å². The number of fused-ring (bicyclic) bond motifs is 1. The van der Waals surface area contributed by atoms with Crippen LogP contribution in [0.5, 0.6) is 5.75 Å². The second kappa shape index (κ2) is 6.91. The first-order chi connectivity index (χ1) is 14.2. The Morgan fingerprint density at radius 2 is 2.07 bits per heavy atom. The van der Waals surface area contributed by atoms with Gasteiger partial charge in [-0.3, -0.25) is 0 Å². The highest BCUT2D eigenvalue weighted by atomic mass is 16.6. The first-order valence-corrected chi connectivity index (χ1v) is 9.73. The molecule has 1 aromatic carbocycles. The Hall–Kier alpha value is -3.36. The number of aromatic nitrogens is 4. The van der Waals surface area contributed by atoms with Crippen LogP contribution in [0.2, 0.25) is 0 Å². The van der Waals surface area contributed by atoms with Crippen molar-refractivity contribution in [1.82, 2.24) is 25.1 Å². The molecule has 1 N–H and O–H groups in total. The van der Waals surface area contributed by atoms with Crippen LogP contribution in [0.25, 0.3) is 16.9 Å². The maximum absolute atomic E-state index is 11.6. The van der Waals surface area contributed by atoms with Gasteiger partial charge in [-0.2, -0.15) is 9.61 Å². The molecule has 0 saturated carbocycles. The summed E-state index contributed by atoms with van der Waals surface area (Å²) in [4.78, 5) is 13.9. The van der Waals surface area contributed by atoms with Crippen LogP contribution >= 0.6 is 0 Å². The van der Waals surface area contributed by atoms with Gasteiger partial charge in [0.15, 0.2) is 0 Å². The summed E-state index contributed by atoms with van der Waals surface area (Å²) in [5, 5.41) is 15.8. The molecule has 0 aliphatic carbocycles. The lowest BCUT2D eigenvalue weighted by Crippen LogP contribution is -2.35. The van der Waals surface area contributed by atoms with Crippen LogP contribution in [-0.2, 0) is 4.74 Å². The minimum Gasteiger partial charge on any atom is -0.497 e. The Labute approximate surface area is 167 Å². The minimum atomic E-state index is -0.401. The average molecular weight is 394 g/mol. The van der Waals surface area contributed by atoms with Crippen molar-refractivity contribution in [1.29, 1.82) is 0 Å². The molecular formula is C20H22N6O3. The second-order valence-electron chi connectivity index (χ2n) is 7.51. The number of alkyl carbamates (subject to hydrolysis) is 1. The van der Waals surface area contributed by atoms with Crippen LogP contribution in [0.4, 0.5) is 10.5 Å². The van der Waals surface area contributed by atoms with Crippen molar-refractivity contribution in [2.45, 2.75) is 24.9 Å². The molecule has 2 fully saturated rings. The Balaban J connectivity index is 1.49. The summed E-state index contributed by atoms with van der Waals surface area (Å²) >= 11 is 0. The molecule has 2 aliphatic rings. The van der Waals surface area contributed by atoms with E-state index in [9.17, 15) is 4.79 Å². The summed E-state index contributed by atoms with van der Waals surface area (Å²) in [5.74, 6) is 0.803. The van der Waals surface area contributed by atoms with Gasteiger partial charge >= 0.3 is 6.09 Å². The number of hydrogen-bond donors (Lipinski definition) is 1. The minimum absolute atomic E-state index is 0.316. The molecule has 1 atom stereocenters. The van der Waals surface area contributed by atoms with Crippen molar-refractivity contribution in [2.75, 3.05) is 31.6 Å². The number of hydrogen-bond acceptors (Lipinski definition) is 7. The molecule has 0 radical (unpaired) electrons. The van der Waals surface area contributed by atoms with E-state index in [1.807, 2.05) is 24.3 Å². The van der Waals surface area contributed by atoms with Crippen molar-refractivity contribution in [2.24, 2.45) is 0 Å². The maximum atomic E-state index is 11.6. The molecule has 2 aliphatic heterocycles. The van der Waals surface area contributed by atoms with Crippen molar-refractivity contribution in [3.63, 3.8) is 0 Å². The molecule has 2 saturated heterocycles. The van der Waals surface area contributed by atoms with E-state index in [1.54, 1.807) is 18.0 Å². The van der Waals surface area contributed by atoms with Gasteiger partial charge < -0.3 is 19.7 Å². The van der Waals surface area contributed by atoms with Gasteiger partial charge in [0.25, 0.3) is 0 Å². The highest BCUT2D eigenvalue weighted by Gasteiger charge is 2.41. The van der Waals surface area contributed by atoms with E-state index in [1.165, 1.54) is 0 Å². The lowest BCUT2D eigenvalue weighted by atomic mass is 9.95. The number of ether oxygens (including phenoxy) is 2. The van der Waals surface area contributed by atoms with Gasteiger partial charge in [-0.1, -0.05) is 0 Å². The zero-order valence-corrected chi connectivity index (χ0v) is 16.2. The van der Waals surface area contributed by atoms with Gasteiger partial charge in [0.2, 0.25) is 5.65 Å². The highest BCUT2D eigenvalue weighted by Crippen LogP contribution is 2.33. The number of benzene rings is 1. The molecule has 5 rings (SSSR count). The van der Waals surface area contributed by atoms with Crippen LogP contribution in [0.15, 0.2) is 36.7 Å². The molecule has 1 amide bonds. The van der Waals surface area contributed by atoms with Crippen LogP contribution in [0, 0.1) is 0 Å². The van der Waals surface area contributed by atoms with Crippen molar-refractivity contribution < 1.29 is 14.3 Å². The summed E-state index contributed by atoms with van der Waals surface area (Å²) in [5.41, 5.74) is 3.13. The van der Waals surface area contributed by atoms with E-state index < -0.39 is 5.60 Å². The predicted octanol–water partition coefficient (Wildman–Crippen LogP) is 2.27. The number of methoxy groups -OCH3 is 1. The Bertz CT molecular complexity index is 1050. The summed E-state index contributed by atoms with van der Waals surface area (Å²) in [6, 6.07) is 9.88. The molecule has 3 aromatic rings. The molecular weight excluding hydrogens is 372 g/mol. The topological polar surface area (TPSA) is 93.9 Å². The lowest BCUT2D eigenvalue weighted by Gasteiger charge is -2.26. The monoisotopic (exact) mass is 394 g/mol. The summed E-state index contributed by atoms with van der Waals surface area (Å²) in [6.45, 7) is 2.20. The van der Waals surface area contributed by atoms with Crippen LogP contribution in [0.3, 0.4) is 0 Å². The molecule has 2 aromatic heterocycles. The van der Waals surface area contributed by atoms with E-state index in [-0.39, 0.29) is 6.09 Å². The molecule has 1 unspecified atom stereocenters. The van der Waals surface area contributed by atoms with E-state index in [0.717, 1.165) is 60.7 Å². The van der Waals surface area contributed by atoms with Gasteiger partial charge in [-0.05, 0) is 43.2 Å². The SMILES string of the molecule is COc1ccc(-c2cc(N3CCCC4(CC3)CNC(=O)O4)c3nncn3n2)cc1. The third-order valence-electron chi connectivity index (χ3n) is 5.74. The third kappa shape index (κ3) is 3.22. The largest absolute Gasteiger partial charge is 0.497 e. The molecule has 9 heteroatoms. The number of nitrogens with one attached hydrogen (secondary N) is 1. The Morgan fingerprint density at radius 1 is 1.21 bits per heavy atom. The van der Waals surface area contributed by atoms with Crippen LogP contribution in [-0.4, -0.2) is 58.2 Å². The van der Waals surface area contributed by atoms with Crippen molar-refractivity contribution in [3.8, 4) is 17.0 Å². The average Bonchev–Trinajstić information content (AvgIpc) is 3.30. The normalized spacial score (nSPS) is 21.8. The summed E-state index contributed by atoms with van der Waals surface area (Å²) in [6.07, 6.45) is 3.85. The van der Waals surface area contributed by atoms with Crippen LogP contribution in [0.1, 0.15) is 19.3 Å². The lowest BCUT2D eigenvalue weighted by molar-refractivity contribution is 0.0473. The molecule has 29 heavy (non-hydrogen) atoms. The highest BCUT2D eigenvalue weighted by molar-refractivity contribution is 5.74. The number of rotatable bonds is 3. The maximum Gasteiger partial charge on any atom is 0.407 e.